The molecule has 2 atom stereocenters. The lowest BCUT2D eigenvalue weighted by molar-refractivity contribution is -0.149. The summed E-state index contributed by atoms with van der Waals surface area (Å²) in [6, 6.07) is 16.9. The van der Waals surface area contributed by atoms with E-state index in [4.69, 9.17) is 10.5 Å². The predicted octanol–water partition coefficient (Wildman–Crippen LogP) is 4.49. The SMILES string of the molecule is CCOC(=O)C(F)[C@H](N)c1ccc2ccc3cccc4ccc1c2c34. The highest BCUT2D eigenvalue weighted by Gasteiger charge is 2.29. The summed E-state index contributed by atoms with van der Waals surface area (Å²) >= 11 is 0. The van der Waals surface area contributed by atoms with Crippen LogP contribution in [0, 0.1) is 0 Å². The van der Waals surface area contributed by atoms with Gasteiger partial charge in [-0.05, 0) is 44.8 Å². The van der Waals surface area contributed by atoms with Crippen LogP contribution in [-0.4, -0.2) is 18.7 Å². The molecular weight excluding hydrogens is 317 g/mol. The monoisotopic (exact) mass is 335 g/mol. The van der Waals surface area contributed by atoms with Gasteiger partial charge in [-0.3, -0.25) is 0 Å². The van der Waals surface area contributed by atoms with Gasteiger partial charge in [0.15, 0.2) is 0 Å². The van der Waals surface area contributed by atoms with Gasteiger partial charge in [0.2, 0.25) is 6.17 Å². The van der Waals surface area contributed by atoms with Crippen LogP contribution in [0.25, 0.3) is 32.3 Å². The van der Waals surface area contributed by atoms with Gasteiger partial charge in [-0.25, -0.2) is 9.18 Å². The van der Waals surface area contributed by atoms with Crippen molar-refractivity contribution in [2.45, 2.75) is 19.1 Å². The number of esters is 1. The molecule has 0 fully saturated rings. The minimum atomic E-state index is -1.89. The van der Waals surface area contributed by atoms with E-state index < -0.39 is 18.2 Å². The van der Waals surface area contributed by atoms with Crippen LogP contribution in [0.1, 0.15) is 18.5 Å². The highest BCUT2D eigenvalue weighted by atomic mass is 19.1. The Morgan fingerprint density at radius 1 is 1.00 bits per heavy atom. The molecule has 0 radical (unpaired) electrons. The Hall–Kier alpha value is -2.72. The van der Waals surface area contributed by atoms with Gasteiger partial charge in [-0.15, -0.1) is 0 Å². The van der Waals surface area contributed by atoms with E-state index in [9.17, 15) is 9.18 Å². The summed E-state index contributed by atoms with van der Waals surface area (Å²) in [5.41, 5.74) is 6.71. The standard InChI is InChI=1S/C21H18FNO2/c1-2-25-21(24)19(22)20(23)16-11-9-14-7-6-12-4-3-5-13-8-10-15(16)18(14)17(12)13/h3-11,19-20H,2,23H2,1H3/t19?,20-/m1/s1. The number of alkyl halides is 1. The van der Waals surface area contributed by atoms with Crippen LogP contribution in [0.5, 0.6) is 0 Å². The number of hydrogen-bond acceptors (Lipinski definition) is 3. The van der Waals surface area contributed by atoms with E-state index in [0.29, 0.717) is 5.56 Å². The number of carbonyl (C=O) groups is 1. The van der Waals surface area contributed by atoms with Gasteiger partial charge in [0.25, 0.3) is 0 Å². The third-order valence-electron chi connectivity index (χ3n) is 4.75. The molecule has 0 aliphatic rings. The quantitative estimate of drug-likeness (QED) is 0.442. The van der Waals surface area contributed by atoms with Crippen LogP contribution < -0.4 is 5.73 Å². The molecule has 0 saturated carbocycles. The lowest BCUT2D eigenvalue weighted by atomic mass is 9.89. The molecule has 4 heteroatoms. The molecule has 0 aliphatic heterocycles. The summed E-state index contributed by atoms with van der Waals surface area (Å²) in [5, 5.41) is 6.40. The van der Waals surface area contributed by atoms with E-state index in [0.717, 1.165) is 32.3 Å². The molecule has 0 heterocycles. The molecule has 4 aromatic rings. The number of benzene rings is 4. The van der Waals surface area contributed by atoms with Crippen LogP contribution in [0.4, 0.5) is 4.39 Å². The van der Waals surface area contributed by atoms with E-state index >= 15 is 0 Å². The lowest BCUT2D eigenvalue weighted by Gasteiger charge is -2.20. The average Bonchev–Trinajstić information content (AvgIpc) is 2.65. The van der Waals surface area contributed by atoms with Crippen molar-refractivity contribution < 1.29 is 13.9 Å². The van der Waals surface area contributed by atoms with Gasteiger partial charge >= 0.3 is 5.97 Å². The van der Waals surface area contributed by atoms with Gasteiger partial charge < -0.3 is 10.5 Å². The minimum Gasteiger partial charge on any atom is -0.464 e. The maximum Gasteiger partial charge on any atom is 0.342 e. The predicted molar refractivity (Wildman–Crippen MR) is 98.6 cm³/mol. The second kappa shape index (κ2) is 5.97. The van der Waals surface area contributed by atoms with Crippen molar-refractivity contribution >= 4 is 38.3 Å². The summed E-state index contributed by atoms with van der Waals surface area (Å²) in [4.78, 5) is 11.8. The highest BCUT2D eigenvalue weighted by Crippen LogP contribution is 2.37. The van der Waals surface area contributed by atoms with E-state index in [-0.39, 0.29) is 6.61 Å². The molecule has 0 bridgehead atoms. The summed E-state index contributed by atoms with van der Waals surface area (Å²) < 4.78 is 19.3. The fourth-order valence-electron chi connectivity index (χ4n) is 3.57. The first-order chi connectivity index (χ1) is 12.1. The second-order valence-corrected chi connectivity index (χ2v) is 6.19. The number of halogens is 1. The highest BCUT2D eigenvalue weighted by molar-refractivity contribution is 6.23. The van der Waals surface area contributed by atoms with E-state index in [2.05, 4.69) is 24.3 Å². The number of nitrogens with two attached hydrogens (primary N) is 1. The number of carbonyl (C=O) groups excluding carboxylic acids is 1. The van der Waals surface area contributed by atoms with Gasteiger partial charge in [-0.2, -0.15) is 0 Å². The molecule has 4 aromatic carbocycles. The summed E-state index contributed by atoms with van der Waals surface area (Å²) in [6.07, 6.45) is -1.89. The van der Waals surface area contributed by atoms with Crippen molar-refractivity contribution in [3.05, 3.63) is 60.2 Å². The van der Waals surface area contributed by atoms with Crippen molar-refractivity contribution in [2.75, 3.05) is 6.61 Å². The first-order valence-electron chi connectivity index (χ1n) is 8.34. The van der Waals surface area contributed by atoms with Crippen molar-refractivity contribution in [1.82, 2.24) is 0 Å². The zero-order chi connectivity index (χ0) is 17.6. The lowest BCUT2D eigenvalue weighted by Crippen LogP contribution is -2.31. The third-order valence-corrected chi connectivity index (χ3v) is 4.75. The fourth-order valence-corrected chi connectivity index (χ4v) is 3.57. The Bertz CT molecular complexity index is 1060. The Labute approximate surface area is 144 Å². The molecule has 3 nitrogen and oxygen atoms in total. The Kier molecular flexibility index (Phi) is 3.77. The molecule has 0 amide bonds. The number of hydrogen-bond donors (Lipinski definition) is 1. The van der Waals surface area contributed by atoms with Gasteiger partial charge in [0.1, 0.15) is 0 Å². The molecule has 25 heavy (non-hydrogen) atoms. The minimum absolute atomic E-state index is 0.129. The zero-order valence-electron chi connectivity index (χ0n) is 13.8. The second-order valence-electron chi connectivity index (χ2n) is 6.19. The fraction of sp³-hybridized carbons (Fsp3) is 0.190. The Morgan fingerprint density at radius 2 is 1.60 bits per heavy atom. The topological polar surface area (TPSA) is 52.3 Å². The number of ether oxygens (including phenoxy) is 1. The summed E-state index contributed by atoms with van der Waals surface area (Å²) in [7, 11) is 0. The number of rotatable bonds is 4. The largest absolute Gasteiger partial charge is 0.464 e. The van der Waals surface area contributed by atoms with Crippen molar-refractivity contribution in [3.63, 3.8) is 0 Å². The first-order valence-corrected chi connectivity index (χ1v) is 8.34. The molecule has 0 spiro atoms. The Morgan fingerprint density at radius 3 is 2.28 bits per heavy atom. The Balaban J connectivity index is 1.95. The first kappa shape index (κ1) is 15.8. The summed E-state index contributed by atoms with van der Waals surface area (Å²) in [6.45, 7) is 1.77. The molecule has 0 aromatic heterocycles. The van der Waals surface area contributed by atoms with Crippen molar-refractivity contribution in [2.24, 2.45) is 5.73 Å². The van der Waals surface area contributed by atoms with E-state index in [1.165, 1.54) is 0 Å². The average molecular weight is 335 g/mol. The van der Waals surface area contributed by atoms with Crippen LogP contribution >= 0.6 is 0 Å². The molecule has 1 unspecified atom stereocenters. The van der Waals surface area contributed by atoms with Crippen molar-refractivity contribution in [1.29, 1.82) is 0 Å². The van der Waals surface area contributed by atoms with Gasteiger partial charge in [0.05, 0.1) is 12.6 Å². The summed E-state index contributed by atoms with van der Waals surface area (Å²) in [5.74, 6) is -0.916. The van der Waals surface area contributed by atoms with Crippen LogP contribution in [-0.2, 0) is 9.53 Å². The molecule has 0 aliphatic carbocycles. The molecule has 126 valence electrons. The van der Waals surface area contributed by atoms with Crippen LogP contribution in [0.2, 0.25) is 0 Å². The normalized spacial score (nSPS) is 14.2. The van der Waals surface area contributed by atoms with Gasteiger partial charge in [0, 0.05) is 0 Å². The maximum atomic E-state index is 14.5. The molecule has 2 N–H and O–H groups in total. The van der Waals surface area contributed by atoms with E-state index in [1.54, 1.807) is 13.0 Å². The zero-order valence-corrected chi connectivity index (χ0v) is 13.8. The van der Waals surface area contributed by atoms with E-state index in [1.807, 2.05) is 24.3 Å². The molecular formula is C21H18FNO2. The maximum absolute atomic E-state index is 14.5. The third kappa shape index (κ3) is 2.41. The molecule has 0 saturated heterocycles. The van der Waals surface area contributed by atoms with Crippen molar-refractivity contribution in [3.8, 4) is 0 Å². The van der Waals surface area contributed by atoms with Crippen LogP contribution in [0.15, 0.2) is 54.6 Å². The van der Waals surface area contributed by atoms with Crippen LogP contribution in [0.3, 0.4) is 0 Å². The molecule has 4 rings (SSSR count). The van der Waals surface area contributed by atoms with Gasteiger partial charge in [-0.1, -0.05) is 54.6 Å². The smallest absolute Gasteiger partial charge is 0.342 e.